The number of hydrogen-bond donors (Lipinski definition) is 3. The quantitative estimate of drug-likeness (QED) is 0.696. The van der Waals surface area contributed by atoms with Crippen molar-refractivity contribution in [1.82, 2.24) is 4.98 Å². The lowest BCUT2D eigenvalue weighted by Crippen LogP contribution is -2.49. The number of rotatable bonds is 4. The first-order valence-electron chi connectivity index (χ1n) is 7.50. The lowest BCUT2D eigenvalue weighted by Gasteiger charge is -2.30. The predicted molar refractivity (Wildman–Crippen MR) is 88.9 cm³/mol. The van der Waals surface area contributed by atoms with E-state index in [1.807, 2.05) is 0 Å². The minimum Gasteiger partial charge on any atom is -0.386 e. The first-order chi connectivity index (χ1) is 11.8. The van der Waals surface area contributed by atoms with Gasteiger partial charge in [-0.05, 0) is 32.0 Å². The molecule has 2 aromatic rings. The second-order valence-corrected chi connectivity index (χ2v) is 6.78. The summed E-state index contributed by atoms with van der Waals surface area (Å²) in [5.74, 6) is -1.01. The lowest BCUT2D eigenvalue weighted by molar-refractivity contribution is -0.263. The van der Waals surface area contributed by atoms with Gasteiger partial charge < -0.3 is 15.9 Å². The summed E-state index contributed by atoms with van der Waals surface area (Å²) >= 11 is 5.77. The van der Waals surface area contributed by atoms with E-state index in [4.69, 9.17) is 17.3 Å². The Labute approximate surface area is 152 Å². The van der Waals surface area contributed by atoms with E-state index in [1.54, 1.807) is 0 Å². The number of hydrogen-bond acceptors (Lipinski definition) is 4. The van der Waals surface area contributed by atoms with Crippen LogP contribution in [-0.4, -0.2) is 27.9 Å². The predicted octanol–water partition coefficient (Wildman–Crippen LogP) is 3.48. The first kappa shape index (κ1) is 20.6. The zero-order chi connectivity index (χ0) is 19.9. The molecule has 1 atom stereocenters. The third-order valence-electron chi connectivity index (χ3n) is 3.92. The molecule has 9 heteroatoms. The van der Waals surface area contributed by atoms with Gasteiger partial charge in [0.25, 0.3) is 0 Å². The number of halogens is 5. The summed E-state index contributed by atoms with van der Waals surface area (Å²) in [5, 5.41) is 20.6. The molecule has 0 amide bonds. The second kappa shape index (κ2) is 6.77. The highest BCUT2D eigenvalue weighted by molar-refractivity contribution is 6.30. The van der Waals surface area contributed by atoms with E-state index in [1.165, 1.54) is 38.1 Å². The minimum atomic E-state index is -5.15. The van der Waals surface area contributed by atoms with Gasteiger partial charge in [0.05, 0.1) is 11.3 Å². The molecular formula is C17H17ClF4N2O2. The highest BCUT2D eigenvalue weighted by Gasteiger charge is 2.55. The Morgan fingerprint density at radius 2 is 1.65 bits per heavy atom. The largest absolute Gasteiger partial charge is 0.424 e. The topological polar surface area (TPSA) is 79.4 Å². The zero-order valence-electron chi connectivity index (χ0n) is 13.9. The maximum atomic E-state index is 14.9. The third-order valence-corrected chi connectivity index (χ3v) is 4.17. The van der Waals surface area contributed by atoms with Crippen molar-refractivity contribution in [2.24, 2.45) is 5.73 Å². The van der Waals surface area contributed by atoms with Crippen molar-refractivity contribution in [3.8, 4) is 11.3 Å². The molecule has 0 radical (unpaired) electrons. The van der Waals surface area contributed by atoms with Gasteiger partial charge in [-0.2, -0.15) is 13.2 Å². The number of nitrogens with zero attached hydrogens (tertiary/aromatic N) is 1. The van der Waals surface area contributed by atoms with Crippen LogP contribution in [0.3, 0.4) is 0 Å². The lowest BCUT2D eigenvalue weighted by atomic mass is 9.90. The van der Waals surface area contributed by atoms with Crippen molar-refractivity contribution in [3.05, 3.63) is 52.4 Å². The van der Waals surface area contributed by atoms with Gasteiger partial charge in [0.1, 0.15) is 5.69 Å². The van der Waals surface area contributed by atoms with Crippen LogP contribution in [0.2, 0.25) is 5.02 Å². The van der Waals surface area contributed by atoms with E-state index in [9.17, 15) is 27.8 Å². The number of aromatic nitrogens is 1. The molecular weight excluding hydrogens is 376 g/mol. The van der Waals surface area contributed by atoms with Crippen LogP contribution in [0.15, 0.2) is 30.3 Å². The average molecular weight is 393 g/mol. The van der Waals surface area contributed by atoms with Crippen molar-refractivity contribution in [3.63, 3.8) is 0 Å². The fourth-order valence-corrected chi connectivity index (χ4v) is 2.48. The van der Waals surface area contributed by atoms with Crippen molar-refractivity contribution in [1.29, 1.82) is 0 Å². The molecule has 1 unspecified atom stereocenters. The molecule has 2 rings (SSSR count). The molecule has 0 bridgehead atoms. The monoisotopic (exact) mass is 392 g/mol. The zero-order valence-corrected chi connectivity index (χ0v) is 14.7. The van der Waals surface area contributed by atoms with E-state index >= 15 is 0 Å². The maximum Gasteiger partial charge on any atom is 0.424 e. The molecule has 0 saturated heterocycles. The van der Waals surface area contributed by atoms with E-state index in [-0.39, 0.29) is 5.56 Å². The molecule has 0 spiro atoms. The van der Waals surface area contributed by atoms with E-state index in [0.717, 1.165) is 0 Å². The van der Waals surface area contributed by atoms with Gasteiger partial charge in [-0.15, -0.1) is 0 Å². The molecule has 0 aliphatic rings. The van der Waals surface area contributed by atoms with Gasteiger partial charge in [0, 0.05) is 22.7 Å². The van der Waals surface area contributed by atoms with Crippen molar-refractivity contribution < 1.29 is 27.8 Å². The van der Waals surface area contributed by atoms with Crippen LogP contribution >= 0.6 is 11.6 Å². The van der Waals surface area contributed by atoms with Gasteiger partial charge >= 0.3 is 6.18 Å². The van der Waals surface area contributed by atoms with E-state index < -0.39 is 46.7 Å². The highest BCUT2D eigenvalue weighted by Crippen LogP contribution is 2.40. The van der Waals surface area contributed by atoms with E-state index in [0.29, 0.717) is 11.1 Å². The van der Waals surface area contributed by atoms with Crippen LogP contribution in [-0.2, 0) is 11.2 Å². The molecule has 1 heterocycles. The minimum absolute atomic E-state index is 0.126. The number of alkyl halides is 3. The van der Waals surface area contributed by atoms with Crippen LogP contribution in [0.1, 0.15) is 25.1 Å². The SMILES string of the molecule is CC(C)(O)c1cc(C(O)(CN)C(F)(F)F)nc(-c2ccc(Cl)cc2)c1F. The van der Waals surface area contributed by atoms with Crippen LogP contribution in [0, 0.1) is 5.82 Å². The Morgan fingerprint density at radius 1 is 1.12 bits per heavy atom. The van der Waals surface area contributed by atoms with Crippen LogP contribution < -0.4 is 5.73 Å². The van der Waals surface area contributed by atoms with Crippen LogP contribution in [0.5, 0.6) is 0 Å². The summed E-state index contributed by atoms with van der Waals surface area (Å²) in [6, 6.07) is 6.22. The van der Waals surface area contributed by atoms with Crippen molar-refractivity contribution in [2.75, 3.05) is 6.54 Å². The number of pyridine rings is 1. The van der Waals surface area contributed by atoms with Crippen molar-refractivity contribution >= 4 is 11.6 Å². The molecule has 0 aliphatic carbocycles. The summed E-state index contributed by atoms with van der Waals surface area (Å²) in [4.78, 5) is 3.68. The molecule has 1 aromatic heterocycles. The summed E-state index contributed by atoms with van der Waals surface area (Å²) in [6.07, 6.45) is -5.15. The fourth-order valence-electron chi connectivity index (χ4n) is 2.35. The summed E-state index contributed by atoms with van der Waals surface area (Å²) < 4.78 is 55.0. The Kier molecular flexibility index (Phi) is 5.36. The first-order valence-corrected chi connectivity index (χ1v) is 7.88. The van der Waals surface area contributed by atoms with Gasteiger partial charge in [-0.1, -0.05) is 23.7 Å². The molecule has 4 nitrogen and oxygen atoms in total. The Bertz CT molecular complexity index is 804. The van der Waals surface area contributed by atoms with Gasteiger partial charge in [-0.25, -0.2) is 9.37 Å². The van der Waals surface area contributed by atoms with Gasteiger partial charge in [-0.3, -0.25) is 0 Å². The molecule has 142 valence electrons. The Hall–Kier alpha value is -1.74. The average Bonchev–Trinajstić information content (AvgIpc) is 2.53. The fraction of sp³-hybridized carbons (Fsp3) is 0.353. The molecule has 0 aliphatic heterocycles. The number of nitrogens with two attached hydrogens (primary N) is 1. The summed E-state index contributed by atoms with van der Waals surface area (Å²) in [7, 11) is 0. The second-order valence-electron chi connectivity index (χ2n) is 6.35. The van der Waals surface area contributed by atoms with Crippen molar-refractivity contribution in [2.45, 2.75) is 31.2 Å². The molecule has 1 aromatic carbocycles. The van der Waals surface area contributed by atoms with Crippen LogP contribution in [0.4, 0.5) is 17.6 Å². The Morgan fingerprint density at radius 3 is 2.08 bits per heavy atom. The number of aliphatic hydroxyl groups is 2. The molecule has 26 heavy (non-hydrogen) atoms. The van der Waals surface area contributed by atoms with Crippen LogP contribution in [0.25, 0.3) is 11.3 Å². The van der Waals surface area contributed by atoms with Gasteiger partial charge in [0.2, 0.25) is 5.60 Å². The maximum absolute atomic E-state index is 14.9. The standard InChI is InChI=1S/C17H17ClF4N2O2/c1-15(2,25)11-7-12(16(26,8-23)17(20,21)22)24-14(13(11)19)9-3-5-10(18)6-4-9/h3-7,25-26H,8,23H2,1-2H3. The highest BCUT2D eigenvalue weighted by atomic mass is 35.5. The normalized spacial score (nSPS) is 15.0. The third kappa shape index (κ3) is 3.68. The smallest absolute Gasteiger partial charge is 0.386 e. The molecule has 4 N–H and O–H groups in total. The Balaban J connectivity index is 2.83. The summed E-state index contributed by atoms with van der Waals surface area (Å²) in [6.45, 7) is 1.19. The summed E-state index contributed by atoms with van der Waals surface area (Å²) in [5.41, 5.74) is -1.88. The van der Waals surface area contributed by atoms with Gasteiger partial charge in [0.15, 0.2) is 5.82 Å². The number of benzene rings is 1. The molecule has 0 fully saturated rings. The van der Waals surface area contributed by atoms with E-state index in [2.05, 4.69) is 4.98 Å². The molecule has 0 saturated carbocycles.